The maximum atomic E-state index is 12.3. The monoisotopic (exact) mass is 469 g/mol. The van der Waals surface area contributed by atoms with Gasteiger partial charge in [-0.2, -0.15) is 0 Å². The number of nitro benzene ring substituents is 1. The molecule has 1 aromatic heterocycles. The molecule has 0 aliphatic rings. The molecule has 0 aliphatic carbocycles. The number of nitrogens with one attached hydrogen (secondary N) is 1. The highest BCUT2D eigenvalue weighted by molar-refractivity contribution is 7.99. The minimum atomic E-state index is -0.502. The van der Waals surface area contributed by atoms with Gasteiger partial charge in [-0.3, -0.25) is 14.9 Å². The molecule has 2 aromatic carbocycles. The number of anilines is 1. The molecule has 9 nitrogen and oxygen atoms in total. The smallest absolute Gasteiger partial charge is 0.271 e. The largest absolute Gasteiger partial charge is 0.483 e. The van der Waals surface area contributed by atoms with Gasteiger partial charge in [0.1, 0.15) is 5.75 Å². The molecular formula is C23H27N5O4S. The van der Waals surface area contributed by atoms with Gasteiger partial charge >= 0.3 is 0 Å². The maximum Gasteiger partial charge on any atom is 0.271 e. The molecule has 0 saturated carbocycles. The fourth-order valence-electron chi connectivity index (χ4n) is 3.22. The summed E-state index contributed by atoms with van der Waals surface area (Å²) in [7, 11) is 0. The van der Waals surface area contributed by atoms with Crippen molar-refractivity contribution < 1.29 is 14.5 Å². The highest BCUT2D eigenvalue weighted by Crippen LogP contribution is 2.26. The minimum absolute atomic E-state index is 0.0799. The Morgan fingerprint density at radius 1 is 1.18 bits per heavy atom. The molecule has 0 aliphatic heterocycles. The van der Waals surface area contributed by atoms with Crippen LogP contribution in [0.2, 0.25) is 0 Å². The Bertz CT molecular complexity index is 1110. The van der Waals surface area contributed by atoms with Crippen molar-refractivity contribution in [2.24, 2.45) is 0 Å². The summed E-state index contributed by atoms with van der Waals surface area (Å²) in [5.74, 6) is 1.68. The van der Waals surface area contributed by atoms with Gasteiger partial charge in [0.05, 0.1) is 10.7 Å². The summed E-state index contributed by atoms with van der Waals surface area (Å²) < 4.78 is 7.97. The van der Waals surface area contributed by atoms with E-state index in [0.717, 1.165) is 5.75 Å². The molecule has 0 radical (unpaired) electrons. The van der Waals surface area contributed by atoms with Crippen molar-refractivity contribution in [3.63, 3.8) is 0 Å². The first-order valence-corrected chi connectivity index (χ1v) is 11.6. The molecule has 10 heteroatoms. The third-order valence-electron chi connectivity index (χ3n) is 4.96. The number of hydrogen-bond donors (Lipinski definition) is 1. The first-order valence-electron chi connectivity index (χ1n) is 10.6. The number of carbonyl (C=O) groups excluding carboxylic acids is 1. The van der Waals surface area contributed by atoms with Gasteiger partial charge in [-0.1, -0.05) is 43.8 Å². The van der Waals surface area contributed by atoms with Crippen LogP contribution in [0.3, 0.4) is 0 Å². The number of amides is 1. The fourth-order valence-corrected chi connectivity index (χ4v) is 4.03. The van der Waals surface area contributed by atoms with E-state index >= 15 is 0 Å². The lowest BCUT2D eigenvalue weighted by Gasteiger charge is -2.16. The lowest BCUT2D eigenvalue weighted by atomic mass is 10.0. The van der Waals surface area contributed by atoms with Crippen LogP contribution in [0.25, 0.3) is 0 Å². The summed E-state index contributed by atoms with van der Waals surface area (Å²) in [6.07, 6.45) is -0.324. The normalized spacial score (nSPS) is 11.9. The number of nitrogens with zero attached hydrogens (tertiary/aromatic N) is 4. The molecule has 1 unspecified atom stereocenters. The molecular weight excluding hydrogens is 442 g/mol. The average molecular weight is 470 g/mol. The van der Waals surface area contributed by atoms with Crippen LogP contribution in [-0.2, 0) is 11.3 Å². The van der Waals surface area contributed by atoms with Crippen LogP contribution in [0.15, 0.2) is 53.7 Å². The van der Waals surface area contributed by atoms with Gasteiger partial charge in [-0.15, -0.1) is 10.2 Å². The lowest BCUT2D eigenvalue weighted by Crippen LogP contribution is -2.15. The zero-order valence-electron chi connectivity index (χ0n) is 19.0. The zero-order chi connectivity index (χ0) is 24.0. The fraction of sp³-hybridized carbons (Fsp3) is 0.348. The number of thioether (sulfide) groups is 1. The number of benzene rings is 2. The number of rotatable bonds is 10. The van der Waals surface area contributed by atoms with Crippen LogP contribution in [-0.4, -0.2) is 31.3 Å². The maximum absolute atomic E-state index is 12.3. The first-order chi connectivity index (χ1) is 15.8. The molecule has 3 rings (SSSR count). The van der Waals surface area contributed by atoms with Gasteiger partial charge in [0.15, 0.2) is 17.1 Å². The predicted octanol–water partition coefficient (Wildman–Crippen LogP) is 5.20. The molecule has 3 aromatic rings. The Kier molecular flexibility index (Phi) is 8.05. The molecule has 1 N–H and O–H groups in total. The van der Waals surface area contributed by atoms with Crippen LogP contribution < -0.4 is 10.1 Å². The molecule has 1 amide bonds. The van der Waals surface area contributed by atoms with Gasteiger partial charge < -0.3 is 14.6 Å². The summed E-state index contributed by atoms with van der Waals surface area (Å²) in [4.78, 5) is 22.7. The molecule has 174 valence electrons. The van der Waals surface area contributed by atoms with Crippen molar-refractivity contribution in [2.45, 2.75) is 51.4 Å². The molecule has 0 saturated heterocycles. The first kappa shape index (κ1) is 24.2. The number of aromatic nitrogens is 3. The van der Waals surface area contributed by atoms with E-state index in [9.17, 15) is 14.9 Å². The van der Waals surface area contributed by atoms with Crippen molar-refractivity contribution in [3.8, 4) is 5.75 Å². The van der Waals surface area contributed by atoms with E-state index in [-0.39, 0.29) is 23.5 Å². The summed E-state index contributed by atoms with van der Waals surface area (Å²) in [6.45, 7) is 8.80. The highest BCUT2D eigenvalue weighted by atomic mass is 32.2. The Hall–Kier alpha value is -3.40. The van der Waals surface area contributed by atoms with Crippen molar-refractivity contribution in [3.05, 3.63) is 70.0 Å². The summed E-state index contributed by atoms with van der Waals surface area (Å²) in [6, 6.07) is 13.8. The SMILES string of the molecule is CCn1c(SCC(=O)Nc2cccc([N+](=O)[O-])c2)nnc1C(C)Oc1ccc(C(C)C)cc1. The van der Waals surface area contributed by atoms with Crippen LogP contribution in [0.4, 0.5) is 11.4 Å². The Balaban J connectivity index is 1.62. The second-order valence-corrected chi connectivity index (χ2v) is 8.66. The Labute approximate surface area is 196 Å². The number of carbonyl (C=O) groups is 1. The van der Waals surface area contributed by atoms with E-state index in [0.29, 0.717) is 29.1 Å². The second-order valence-electron chi connectivity index (χ2n) is 7.71. The van der Waals surface area contributed by atoms with Crippen molar-refractivity contribution in [1.82, 2.24) is 14.8 Å². The van der Waals surface area contributed by atoms with E-state index in [1.54, 1.807) is 6.07 Å². The second kappa shape index (κ2) is 11.0. The van der Waals surface area contributed by atoms with Gasteiger partial charge in [0.2, 0.25) is 5.91 Å². The molecule has 0 bridgehead atoms. The third-order valence-corrected chi connectivity index (χ3v) is 5.92. The van der Waals surface area contributed by atoms with Gasteiger partial charge in [0, 0.05) is 24.4 Å². The standard InChI is InChI=1S/C23H27N5O4S/c1-5-27-22(16(4)32-20-11-9-17(10-12-20)15(2)3)25-26-23(27)33-14-21(29)24-18-7-6-8-19(13-18)28(30)31/h6-13,15-16H,5,14H2,1-4H3,(H,24,29). The van der Waals surface area contributed by atoms with E-state index in [1.807, 2.05) is 30.5 Å². The van der Waals surface area contributed by atoms with E-state index < -0.39 is 4.92 Å². The van der Waals surface area contributed by atoms with E-state index in [4.69, 9.17) is 4.74 Å². The summed E-state index contributed by atoms with van der Waals surface area (Å²) in [5.41, 5.74) is 1.54. The van der Waals surface area contributed by atoms with Crippen LogP contribution >= 0.6 is 11.8 Å². The van der Waals surface area contributed by atoms with Crippen LogP contribution in [0.1, 0.15) is 51.1 Å². The Morgan fingerprint density at radius 3 is 2.55 bits per heavy atom. The van der Waals surface area contributed by atoms with Crippen LogP contribution in [0, 0.1) is 10.1 Å². The van der Waals surface area contributed by atoms with E-state index in [2.05, 4.69) is 41.5 Å². The lowest BCUT2D eigenvalue weighted by molar-refractivity contribution is -0.384. The summed E-state index contributed by atoms with van der Waals surface area (Å²) in [5, 5.41) is 22.7. The quantitative estimate of drug-likeness (QED) is 0.247. The molecule has 33 heavy (non-hydrogen) atoms. The third kappa shape index (κ3) is 6.32. The van der Waals surface area contributed by atoms with Crippen molar-refractivity contribution >= 4 is 29.0 Å². The van der Waals surface area contributed by atoms with Gasteiger partial charge in [-0.25, -0.2) is 0 Å². The van der Waals surface area contributed by atoms with Crippen molar-refractivity contribution in [2.75, 3.05) is 11.1 Å². The highest BCUT2D eigenvalue weighted by Gasteiger charge is 2.20. The topological polar surface area (TPSA) is 112 Å². The molecule has 1 atom stereocenters. The number of non-ortho nitro benzene ring substituents is 1. The minimum Gasteiger partial charge on any atom is -0.483 e. The van der Waals surface area contributed by atoms with Crippen molar-refractivity contribution in [1.29, 1.82) is 0 Å². The van der Waals surface area contributed by atoms with E-state index in [1.165, 1.54) is 35.5 Å². The molecule has 0 spiro atoms. The number of hydrogen-bond acceptors (Lipinski definition) is 7. The summed E-state index contributed by atoms with van der Waals surface area (Å²) >= 11 is 1.25. The molecule has 1 heterocycles. The number of nitro groups is 1. The predicted molar refractivity (Wildman–Crippen MR) is 128 cm³/mol. The number of ether oxygens (including phenoxy) is 1. The van der Waals surface area contributed by atoms with Crippen LogP contribution in [0.5, 0.6) is 5.75 Å². The van der Waals surface area contributed by atoms with Gasteiger partial charge in [-0.05, 0) is 43.5 Å². The van der Waals surface area contributed by atoms with Gasteiger partial charge in [0.25, 0.3) is 5.69 Å². The average Bonchev–Trinajstić information content (AvgIpc) is 3.21. The molecule has 0 fully saturated rings. The Morgan fingerprint density at radius 2 is 1.91 bits per heavy atom. The zero-order valence-corrected chi connectivity index (χ0v) is 19.8.